The van der Waals surface area contributed by atoms with Crippen LogP contribution in [0, 0.1) is 24.2 Å². The van der Waals surface area contributed by atoms with Crippen LogP contribution in [0.25, 0.3) is 0 Å². The van der Waals surface area contributed by atoms with Crippen LogP contribution in [0.4, 0.5) is 0 Å². The van der Waals surface area contributed by atoms with Crippen molar-refractivity contribution in [2.75, 3.05) is 0 Å². The molecule has 0 radical (unpaired) electrons. The number of amides is 2. The molecular formula is C35H40BClN2O4. The van der Waals surface area contributed by atoms with E-state index in [4.69, 9.17) is 20.9 Å². The van der Waals surface area contributed by atoms with Crippen LogP contribution in [0.5, 0.6) is 0 Å². The first-order valence-corrected chi connectivity index (χ1v) is 15.7. The van der Waals surface area contributed by atoms with Crippen LogP contribution in [-0.2, 0) is 20.5 Å². The summed E-state index contributed by atoms with van der Waals surface area (Å²) >= 11 is 6.32. The van der Waals surface area contributed by atoms with E-state index in [0.29, 0.717) is 28.8 Å². The molecule has 0 aromatic heterocycles. The third-order valence-corrected chi connectivity index (χ3v) is 10.6. The number of nitrogens with one attached hydrogen (secondary N) is 2. The third kappa shape index (κ3) is 5.87. The van der Waals surface area contributed by atoms with Gasteiger partial charge in [-0.25, -0.2) is 0 Å². The zero-order valence-corrected chi connectivity index (χ0v) is 26.1. The van der Waals surface area contributed by atoms with Gasteiger partial charge in [-0.15, -0.1) is 0 Å². The van der Waals surface area contributed by atoms with Gasteiger partial charge >= 0.3 is 7.12 Å². The highest BCUT2D eigenvalue weighted by Crippen LogP contribution is 2.65. The van der Waals surface area contributed by atoms with Gasteiger partial charge in [-0.05, 0) is 91.3 Å². The molecule has 2 N–H and O–H groups in total. The zero-order chi connectivity index (χ0) is 30.4. The van der Waals surface area contributed by atoms with Crippen molar-refractivity contribution in [2.24, 2.45) is 17.3 Å². The van der Waals surface area contributed by atoms with E-state index in [1.165, 1.54) is 0 Å². The molecule has 2 bridgehead atoms. The molecule has 1 saturated heterocycles. The van der Waals surface area contributed by atoms with Gasteiger partial charge in [0.1, 0.15) is 0 Å². The minimum Gasteiger partial charge on any atom is -0.404 e. The Balaban J connectivity index is 1.23. The Bertz CT molecular complexity index is 1500. The molecule has 1 aliphatic heterocycles. The van der Waals surface area contributed by atoms with E-state index in [-0.39, 0.29) is 35.4 Å². The normalized spacial score (nSPS) is 26.5. The molecule has 3 aliphatic carbocycles. The molecular weight excluding hydrogens is 559 g/mol. The lowest BCUT2D eigenvalue weighted by Gasteiger charge is -2.64. The largest absolute Gasteiger partial charge is 0.482 e. The summed E-state index contributed by atoms with van der Waals surface area (Å²) in [7, 11) is -0.572. The van der Waals surface area contributed by atoms with E-state index in [2.05, 4.69) is 50.5 Å². The monoisotopic (exact) mass is 598 g/mol. The predicted octanol–water partition coefficient (Wildman–Crippen LogP) is 6.50. The Labute approximate surface area is 260 Å². The second-order valence-corrected chi connectivity index (χ2v) is 13.7. The fourth-order valence-electron chi connectivity index (χ4n) is 7.62. The molecule has 1 unspecified atom stereocenters. The molecule has 2 amide bonds. The Morgan fingerprint density at radius 2 is 1.72 bits per heavy atom. The van der Waals surface area contributed by atoms with Gasteiger partial charge in [-0.2, -0.15) is 0 Å². The van der Waals surface area contributed by atoms with Crippen LogP contribution < -0.4 is 10.6 Å². The third-order valence-electron chi connectivity index (χ3n) is 10.3. The van der Waals surface area contributed by atoms with Crippen molar-refractivity contribution < 1.29 is 18.9 Å². The Morgan fingerprint density at radius 3 is 2.44 bits per heavy atom. The molecule has 3 aromatic carbocycles. The number of benzene rings is 3. The van der Waals surface area contributed by atoms with Crippen LogP contribution in [0.2, 0.25) is 5.02 Å². The maximum absolute atomic E-state index is 13.8. The summed E-state index contributed by atoms with van der Waals surface area (Å²) in [5.74, 6) is 0.198. The molecule has 6 atom stereocenters. The molecule has 224 valence electrons. The molecule has 1 heterocycles. The number of carbonyl (C=O) groups is 2. The zero-order valence-electron chi connectivity index (χ0n) is 25.3. The van der Waals surface area contributed by atoms with Crippen LogP contribution >= 0.6 is 11.6 Å². The van der Waals surface area contributed by atoms with Gasteiger partial charge in [0, 0.05) is 10.6 Å². The Morgan fingerprint density at radius 1 is 0.977 bits per heavy atom. The number of rotatable bonds is 9. The summed E-state index contributed by atoms with van der Waals surface area (Å²) in [4.78, 5) is 27.0. The van der Waals surface area contributed by atoms with E-state index < -0.39 is 19.1 Å². The number of halogens is 1. The Kier molecular flexibility index (Phi) is 8.18. The summed E-state index contributed by atoms with van der Waals surface area (Å²) in [5, 5.41) is 6.86. The number of carbonyl (C=O) groups excluding carboxylic acids is 2. The molecule has 0 spiro atoms. The summed E-state index contributed by atoms with van der Waals surface area (Å²) in [6.07, 6.45) is 2.75. The quantitative estimate of drug-likeness (QED) is 0.276. The molecule has 3 aromatic rings. The fourth-order valence-corrected chi connectivity index (χ4v) is 7.82. The second-order valence-electron chi connectivity index (χ2n) is 13.3. The minimum atomic E-state index is -0.580. The highest BCUT2D eigenvalue weighted by atomic mass is 35.5. The summed E-state index contributed by atoms with van der Waals surface area (Å²) in [5.41, 5.74) is 3.41. The maximum atomic E-state index is 13.8. The van der Waals surface area contributed by atoms with Crippen LogP contribution in [-0.4, -0.2) is 36.6 Å². The molecule has 6 nitrogen and oxygen atoms in total. The lowest BCUT2D eigenvalue weighted by atomic mass is 9.43. The van der Waals surface area contributed by atoms with Crippen molar-refractivity contribution in [3.8, 4) is 0 Å². The van der Waals surface area contributed by atoms with Gasteiger partial charge in [0.05, 0.1) is 30.1 Å². The first-order valence-electron chi connectivity index (χ1n) is 15.3. The lowest BCUT2D eigenvalue weighted by molar-refractivity contribution is -0.199. The number of hydrogen-bond acceptors (Lipinski definition) is 4. The highest BCUT2D eigenvalue weighted by molar-refractivity contribution is 6.48. The van der Waals surface area contributed by atoms with Crippen molar-refractivity contribution in [1.29, 1.82) is 0 Å². The molecule has 7 rings (SSSR count). The van der Waals surface area contributed by atoms with E-state index >= 15 is 0 Å². The lowest BCUT2D eigenvalue weighted by Crippen LogP contribution is -2.65. The Hall–Kier alpha value is -3.13. The fraction of sp³-hybridized carbons (Fsp3) is 0.429. The second kappa shape index (κ2) is 11.8. The van der Waals surface area contributed by atoms with Gasteiger partial charge in [-0.1, -0.05) is 80.0 Å². The topological polar surface area (TPSA) is 76.7 Å². The van der Waals surface area contributed by atoms with E-state index in [1.807, 2.05) is 42.5 Å². The summed E-state index contributed by atoms with van der Waals surface area (Å²) in [6, 6.07) is 23.9. The maximum Gasteiger partial charge on any atom is 0.482 e. The standard InChI is InChI=1S/C35H40BClN2O4/c1-22-11-8-9-14-24(22)18-31(36-42-30-20-26-19-29(34(26,2)3)35(30,4)43-36)39-32(40)21-28(25-15-10-16-27(37)17-25)38-33(41)23-12-6-5-7-13-23/h5-17,26,28-31H,18-21H2,1-4H3,(H,38,41)(H,39,40)/t26-,28?,29-,30+,31-,35-/m0/s1. The molecule has 43 heavy (non-hydrogen) atoms. The molecule has 4 fully saturated rings. The van der Waals surface area contributed by atoms with E-state index in [0.717, 1.165) is 29.5 Å². The van der Waals surface area contributed by atoms with Crippen LogP contribution in [0.15, 0.2) is 78.9 Å². The molecule has 4 aliphatic rings. The van der Waals surface area contributed by atoms with Crippen molar-refractivity contribution in [3.63, 3.8) is 0 Å². The smallest absolute Gasteiger partial charge is 0.404 e. The van der Waals surface area contributed by atoms with Crippen molar-refractivity contribution in [1.82, 2.24) is 10.6 Å². The number of aryl methyl sites for hydroxylation is 1. The summed E-state index contributed by atoms with van der Waals surface area (Å²) in [6.45, 7) is 8.96. The van der Waals surface area contributed by atoms with Crippen molar-refractivity contribution in [3.05, 3.63) is 106 Å². The predicted molar refractivity (Wildman–Crippen MR) is 170 cm³/mol. The van der Waals surface area contributed by atoms with Gasteiger partial charge in [0.15, 0.2) is 0 Å². The first kappa shape index (κ1) is 29.9. The van der Waals surface area contributed by atoms with Crippen LogP contribution in [0.1, 0.15) is 73.1 Å². The molecule has 8 heteroatoms. The van der Waals surface area contributed by atoms with E-state index in [9.17, 15) is 9.59 Å². The summed E-state index contributed by atoms with van der Waals surface area (Å²) < 4.78 is 13.5. The van der Waals surface area contributed by atoms with E-state index in [1.54, 1.807) is 24.3 Å². The van der Waals surface area contributed by atoms with Crippen molar-refractivity contribution in [2.45, 2.75) is 77.1 Å². The van der Waals surface area contributed by atoms with Gasteiger partial charge in [0.2, 0.25) is 5.91 Å². The van der Waals surface area contributed by atoms with Gasteiger partial charge in [0.25, 0.3) is 5.91 Å². The van der Waals surface area contributed by atoms with Crippen LogP contribution in [0.3, 0.4) is 0 Å². The minimum absolute atomic E-state index is 0.00918. The average molecular weight is 599 g/mol. The first-order chi connectivity index (χ1) is 20.5. The average Bonchev–Trinajstić information content (AvgIpc) is 3.35. The number of hydrogen-bond donors (Lipinski definition) is 2. The van der Waals surface area contributed by atoms with Gasteiger partial charge in [-0.3, -0.25) is 9.59 Å². The SMILES string of the molecule is Cc1ccccc1C[C@H](NC(=O)CC(NC(=O)c1ccccc1)c1cccc(Cl)c1)B1O[C@@H]2C[C@@H]3C[C@@H](C3(C)C)[C@]2(C)O1. The molecule has 3 saturated carbocycles. The van der Waals surface area contributed by atoms with Crippen molar-refractivity contribution >= 4 is 30.5 Å². The van der Waals surface area contributed by atoms with Gasteiger partial charge < -0.3 is 19.9 Å². The highest BCUT2D eigenvalue weighted by Gasteiger charge is 2.68.